The molecule has 3 rings (SSSR count). The Morgan fingerprint density at radius 3 is 1.10 bits per heavy atom. The van der Waals surface area contributed by atoms with Gasteiger partial charge in [0.1, 0.15) is 0 Å². The summed E-state index contributed by atoms with van der Waals surface area (Å²) in [6.45, 7) is 0. The molecule has 3 aromatic carbocycles. The molecule has 0 aliphatic carbocycles. The first-order chi connectivity index (χ1) is 8.93. The van der Waals surface area contributed by atoms with Crippen LogP contribution in [0.2, 0.25) is 0 Å². The summed E-state index contributed by atoms with van der Waals surface area (Å²) in [7, 11) is 0. The van der Waals surface area contributed by atoms with Crippen LogP contribution in [0.4, 0.5) is 0 Å². The molecule has 102 valence electrons. The lowest BCUT2D eigenvalue weighted by molar-refractivity contribution is 1.59. The van der Waals surface area contributed by atoms with Gasteiger partial charge in [0, 0.05) is 0 Å². The zero-order valence-electron chi connectivity index (χ0n) is 10.1. The third-order valence-corrected chi connectivity index (χ3v) is 3.08. The fourth-order valence-corrected chi connectivity index (χ4v) is 2.14. The summed E-state index contributed by atoms with van der Waals surface area (Å²) in [5.74, 6) is 0. The standard InChI is InChI=1S/C18H14.2CH4/c1-3-8-15(9-4-1)17-12-7-13-18(14-17)16-10-5-2-6-11-16;;/h1-14H;2*1H4. The van der Waals surface area contributed by atoms with Crippen LogP contribution in [0.1, 0.15) is 14.9 Å². The van der Waals surface area contributed by atoms with E-state index in [1.807, 2.05) is 12.1 Å². The summed E-state index contributed by atoms with van der Waals surface area (Å²) in [4.78, 5) is 0. The Hall–Kier alpha value is -2.34. The highest BCUT2D eigenvalue weighted by Gasteiger charge is 2.00. The van der Waals surface area contributed by atoms with Gasteiger partial charge in [-0.25, -0.2) is 0 Å². The van der Waals surface area contributed by atoms with Crippen LogP contribution in [-0.4, -0.2) is 0 Å². The Bertz CT molecular complexity index is 570. The van der Waals surface area contributed by atoms with Crippen molar-refractivity contribution in [3.8, 4) is 22.3 Å². The lowest BCUT2D eigenvalue weighted by Crippen LogP contribution is -1.80. The van der Waals surface area contributed by atoms with Crippen molar-refractivity contribution >= 4 is 0 Å². The van der Waals surface area contributed by atoms with E-state index in [1.54, 1.807) is 0 Å². The van der Waals surface area contributed by atoms with Crippen LogP contribution >= 0.6 is 0 Å². The van der Waals surface area contributed by atoms with E-state index in [0.717, 1.165) is 0 Å². The van der Waals surface area contributed by atoms with Crippen molar-refractivity contribution in [2.75, 3.05) is 0 Å². The van der Waals surface area contributed by atoms with Gasteiger partial charge in [0.05, 0.1) is 0 Å². The molecule has 0 radical (unpaired) electrons. The summed E-state index contributed by atoms with van der Waals surface area (Å²) in [5, 5.41) is 0. The second-order valence-electron chi connectivity index (χ2n) is 4.31. The Morgan fingerprint density at radius 1 is 0.350 bits per heavy atom. The van der Waals surface area contributed by atoms with E-state index in [1.165, 1.54) is 22.3 Å². The van der Waals surface area contributed by atoms with Gasteiger partial charge in [0.15, 0.2) is 0 Å². The van der Waals surface area contributed by atoms with Crippen LogP contribution in [0.25, 0.3) is 22.3 Å². The van der Waals surface area contributed by atoms with Crippen molar-refractivity contribution in [2.45, 2.75) is 14.9 Å². The molecule has 3 aromatic rings. The minimum Gasteiger partial charge on any atom is -0.0776 e. The minimum atomic E-state index is 0. The topological polar surface area (TPSA) is 0 Å². The van der Waals surface area contributed by atoms with Gasteiger partial charge in [0.25, 0.3) is 0 Å². The molecule has 0 aliphatic heterocycles. The molecular formula is C20H22. The normalized spacial score (nSPS) is 9.20. The fourth-order valence-electron chi connectivity index (χ4n) is 2.14. The lowest BCUT2D eigenvalue weighted by Gasteiger charge is -2.05. The molecule has 0 aromatic heterocycles. The van der Waals surface area contributed by atoms with Gasteiger partial charge in [-0.2, -0.15) is 0 Å². The van der Waals surface area contributed by atoms with Crippen molar-refractivity contribution < 1.29 is 0 Å². The molecule has 0 heteroatoms. The maximum absolute atomic E-state index is 2.24. The molecule has 0 aliphatic rings. The van der Waals surface area contributed by atoms with Gasteiger partial charge in [-0.15, -0.1) is 0 Å². The molecule has 0 saturated carbocycles. The zero-order chi connectivity index (χ0) is 12.2. The van der Waals surface area contributed by atoms with E-state index < -0.39 is 0 Å². The van der Waals surface area contributed by atoms with E-state index in [4.69, 9.17) is 0 Å². The summed E-state index contributed by atoms with van der Waals surface area (Å²) in [5.41, 5.74) is 5.04. The minimum absolute atomic E-state index is 0. The van der Waals surface area contributed by atoms with E-state index >= 15 is 0 Å². The van der Waals surface area contributed by atoms with E-state index in [0.29, 0.717) is 0 Å². The van der Waals surface area contributed by atoms with Crippen LogP contribution in [0.3, 0.4) is 0 Å². The number of rotatable bonds is 2. The predicted octanol–water partition coefficient (Wildman–Crippen LogP) is 6.29. The first-order valence-electron chi connectivity index (χ1n) is 6.14. The lowest BCUT2D eigenvalue weighted by atomic mass is 9.99. The van der Waals surface area contributed by atoms with Crippen LogP contribution < -0.4 is 0 Å². The predicted molar refractivity (Wildman–Crippen MR) is 90.8 cm³/mol. The van der Waals surface area contributed by atoms with Gasteiger partial charge in [-0.05, 0) is 28.3 Å². The van der Waals surface area contributed by atoms with Gasteiger partial charge in [-0.1, -0.05) is 93.7 Å². The van der Waals surface area contributed by atoms with Gasteiger partial charge < -0.3 is 0 Å². The molecule has 0 atom stereocenters. The molecule has 0 saturated heterocycles. The number of benzene rings is 3. The van der Waals surface area contributed by atoms with E-state index in [-0.39, 0.29) is 14.9 Å². The average Bonchev–Trinajstić information content (AvgIpc) is 2.49. The molecule has 0 heterocycles. The molecule has 0 fully saturated rings. The first-order valence-corrected chi connectivity index (χ1v) is 6.14. The van der Waals surface area contributed by atoms with Crippen molar-refractivity contribution in [3.63, 3.8) is 0 Å². The maximum atomic E-state index is 2.24. The highest BCUT2D eigenvalue weighted by atomic mass is 14.0. The van der Waals surface area contributed by atoms with Crippen molar-refractivity contribution in [3.05, 3.63) is 84.9 Å². The quantitative estimate of drug-likeness (QED) is 0.509. The van der Waals surface area contributed by atoms with Crippen LogP contribution in [0, 0.1) is 0 Å². The number of hydrogen-bond acceptors (Lipinski definition) is 0. The fraction of sp³-hybridized carbons (Fsp3) is 0.100. The second kappa shape index (κ2) is 7.30. The first kappa shape index (κ1) is 15.7. The summed E-state index contributed by atoms with van der Waals surface area (Å²) in [6, 6.07) is 29.6. The van der Waals surface area contributed by atoms with Gasteiger partial charge in [0.2, 0.25) is 0 Å². The summed E-state index contributed by atoms with van der Waals surface area (Å²) < 4.78 is 0. The maximum Gasteiger partial charge on any atom is -0.0178 e. The summed E-state index contributed by atoms with van der Waals surface area (Å²) >= 11 is 0. The van der Waals surface area contributed by atoms with Crippen LogP contribution in [0.15, 0.2) is 84.9 Å². The highest BCUT2D eigenvalue weighted by molar-refractivity contribution is 5.72. The molecule has 0 bridgehead atoms. The SMILES string of the molecule is C.C.c1ccc(-c2cccc(-c3ccccc3)c2)cc1. The second-order valence-corrected chi connectivity index (χ2v) is 4.31. The van der Waals surface area contributed by atoms with Crippen LogP contribution in [0.5, 0.6) is 0 Å². The van der Waals surface area contributed by atoms with E-state index in [9.17, 15) is 0 Å². The Kier molecular flexibility index (Phi) is 5.74. The van der Waals surface area contributed by atoms with Gasteiger partial charge >= 0.3 is 0 Å². The smallest absolute Gasteiger partial charge is 0.0178 e. The van der Waals surface area contributed by atoms with Crippen molar-refractivity contribution in [2.24, 2.45) is 0 Å². The molecule has 0 N–H and O–H groups in total. The molecule has 0 amide bonds. The Balaban J connectivity index is 0.000001000. The largest absolute Gasteiger partial charge is 0.0776 e. The molecule has 0 unspecified atom stereocenters. The zero-order valence-corrected chi connectivity index (χ0v) is 10.1. The number of hydrogen-bond donors (Lipinski definition) is 0. The summed E-state index contributed by atoms with van der Waals surface area (Å²) in [6.07, 6.45) is 0. The average molecular weight is 262 g/mol. The van der Waals surface area contributed by atoms with Crippen molar-refractivity contribution in [1.82, 2.24) is 0 Å². The van der Waals surface area contributed by atoms with Crippen LogP contribution in [-0.2, 0) is 0 Å². The van der Waals surface area contributed by atoms with Crippen molar-refractivity contribution in [1.29, 1.82) is 0 Å². The molecule has 0 spiro atoms. The molecular weight excluding hydrogens is 240 g/mol. The monoisotopic (exact) mass is 262 g/mol. The Morgan fingerprint density at radius 2 is 0.700 bits per heavy atom. The third-order valence-electron chi connectivity index (χ3n) is 3.08. The highest BCUT2D eigenvalue weighted by Crippen LogP contribution is 2.25. The van der Waals surface area contributed by atoms with Gasteiger partial charge in [-0.3, -0.25) is 0 Å². The van der Waals surface area contributed by atoms with E-state index in [2.05, 4.69) is 72.8 Å². The molecule has 0 nitrogen and oxygen atoms in total. The Labute approximate surface area is 122 Å². The molecule has 20 heavy (non-hydrogen) atoms. The third kappa shape index (κ3) is 3.36.